The Morgan fingerprint density at radius 1 is 1.40 bits per heavy atom. The van der Waals surface area contributed by atoms with Gasteiger partial charge in [0, 0.05) is 37.5 Å². The van der Waals surface area contributed by atoms with E-state index >= 15 is 0 Å². The van der Waals surface area contributed by atoms with E-state index in [2.05, 4.69) is 36.0 Å². The summed E-state index contributed by atoms with van der Waals surface area (Å²) in [6.45, 7) is 10.8. The lowest BCUT2D eigenvalue weighted by molar-refractivity contribution is 0.136. The van der Waals surface area contributed by atoms with E-state index in [1.54, 1.807) is 0 Å². The van der Waals surface area contributed by atoms with Crippen molar-refractivity contribution in [3.8, 4) is 0 Å². The molecule has 0 saturated carbocycles. The van der Waals surface area contributed by atoms with Crippen molar-refractivity contribution in [2.24, 2.45) is 5.92 Å². The van der Waals surface area contributed by atoms with Gasteiger partial charge in [0.1, 0.15) is 17.5 Å². The highest BCUT2D eigenvalue weighted by molar-refractivity contribution is 5.59. The second-order valence-electron chi connectivity index (χ2n) is 5.56. The molecule has 2 heterocycles. The van der Waals surface area contributed by atoms with Crippen molar-refractivity contribution in [1.82, 2.24) is 9.97 Å². The smallest absolute Gasteiger partial charge is 0.137 e. The van der Waals surface area contributed by atoms with Crippen LogP contribution in [0.2, 0.25) is 0 Å². The van der Waals surface area contributed by atoms with Gasteiger partial charge in [-0.05, 0) is 27.2 Å². The molecule has 1 fully saturated rings. The predicted octanol–water partition coefficient (Wildman–Crippen LogP) is 1.99. The maximum Gasteiger partial charge on any atom is 0.137 e. The highest BCUT2D eigenvalue weighted by atomic mass is 16.3. The Hall–Kier alpha value is -1.36. The number of aromatic nitrogens is 2. The highest BCUT2D eigenvalue weighted by Gasteiger charge is 2.28. The summed E-state index contributed by atoms with van der Waals surface area (Å²) in [6, 6.07) is 0. The Balaban J connectivity index is 2.29. The van der Waals surface area contributed by atoms with E-state index in [0.29, 0.717) is 5.92 Å². The van der Waals surface area contributed by atoms with Gasteiger partial charge in [-0.1, -0.05) is 6.92 Å². The van der Waals surface area contributed by atoms with E-state index in [1.807, 2.05) is 6.92 Å². The minimum atomic E-state index is -0.249. The standard InChI is InChI=1S/C15H26N4O/c1-5-13-17-14(16-6-2)10(3)15(18-13)19-8-7-12(9-19)11(4)20/h11-12,20H,5-9H2,1-4H3,(H,16,17,18). The fourth-order valence-electron chi connectivity index (χ4n) is 2.73. The molecular formula is C15H26N4O. The van der Waals surface area contributed by atoms with E-state index < -0.39 is 0 Å². The van der Waals surface area contributed by atoms with Crippen LogP contribution >= 0.6 is 0 Å². The lowest BCUT2D eigenvalue weighted by Gasteiger charge is -2.22. The summed E-state index contributed by atoms with van der Waals surface area (Å²) in [7, 11) is 0. The number of hydrogen-bond donors (Lipinski definition) is 2. The predicted molar refractivity (Wildman–Crippen MR) is 82.3 cm³/mol. The summed E-state index contributed by atoms with van der Waals surface area (Å²) in [5.41, 5.74) is 1.11. The van der Waals surface area contributed by atoms with Gasteiger partial charge in [-0.15, -0.1) is 0 Å². The van der Waals surface area contributed by atoms with Crippen molar-refractivity contribution >= 4 is 11.6 Å². The Labute approximate surface area is 121 Å². The van der Waals surface area contributed by atoms with Crippen LogP contribution in [-0.2, 0) is 6.42 Å². The van der Waals surface area contributed by atoms with Crippen molar-refractivity contribution in [2.45, 2.75) is 46.6 Å². The molecule has 2 atom stereocenters. The first-order valence-electron chi connectivity index (χ1n) is 7.61. The quantitative estimate of drug-likeness (QED) is 0.862. The fraction of sp³-hybridized carbons (Fsp3) is 0.733. The normalized spacial score (nSPS) is 20.2. The summed E-state index contributed by atoms with van der Waals surface area (Å²) in [5, 5.41) is 13.1. The second-order valence-corrected chi connectivity index (χ2v) is 5.56. The van der Waals surface area contributed by atoms with Crippen LogP contribution in [0.25, 0.3) is 0 Å². The van der Waals surface area contributed by atoms with Crippen LogP contribution < -0.4 is 10.2 Å². The largest absolute Gasteiger partial charge is 0.393 e. The Morgan fingerprint density at radius 3 is 2.70 bits per heavy atom. The van der Waals surface area contributed by atoms with Crippen molar-refractivity contribution < 1.29 is 5.11 Å². The molecule has 2 N–H and O–H groups in total. The second kappa shape index (κ2) is 6.39. The first-order valence-corrected chi connectivity index (χ1v) is 7.61. The van der Waals surface area contributed by atoms with E-state index in [9.17, 15) is 5.11 Å². The number of nitrogens with one attached hydrogen (secondary N) is 1. The molecule has 2 rings (SSSR count). The molecule has 0 amide bonds. The van der Waals surface area contributed by atoms with Gasteiger partial charge in [0.2, 0.25) is 0 Å². The van der Waals surface area contributed by atoms with Crippen molar-refractivity contribution in [1.29, 1.82) is 0 Å². The summed E-state index contributed by atoms with van der Waals surface area (Å²) in [6.07, 6.45) is 1.61. The van der Waals surface area contributed by atoms with Gasteiger partial charge in [0.05, 0.1) is 6.10 Å². The Bertz CT molecular complexity index is 461. The zero-order valence-electron chi connectivity index (χ0n) is 13.0. The molecule has 5 nitrogen and oxygen atoms in total. The lowest BCUT2D eigenvalue weighted by atomic mass is 10.0. The van der Waals surface area contributed by atoms with Crippen LogP contribution in [0.5, 0.6) is 0 Å². The topological polar surface area (TPSA) is 61.3 Å². The van der Waals surface area contributed by atoms with Crippen molar-refractivity contribution in [3.05, 3.63) is 11.4 Å². The molecule has 20 heavy (non-hydrogen) atoms. The average Bonchev–Trinajstić information content (AvgIpc) is 2.91. The van der Waals surface area contributed by atoms with Gasteiger partial charge in [-0.3, -0.25) is 0 Å². The number of anilines is 2. The van der Waals surface area contributed by atoms with Gasteiger partial charge >= 0.3 is 0 Å². The molecule has 112 valence electrons. The summed E-state index contributed by atoms with van der Waals surface area (Å²) in [5.74, 6) is 3.19. The molecule has 1 aliphatic rings. The zero-order valence-corrected chi connectivity index (χ0v) is 13.0. The van der Waals surface area contributed by atoms with Crippen LogP contribution in [0, 0.1) is 12.8 Å². The Morgan fingerprint density at radius 2 is 2.15 bits per heavy atom. The maximum atomic E-state index is 9.75. The van der Waals surface area contributed by atoms with E-state index in [-0.39, 0.29) is 6.10 Å². The van der Waals surface area contributed by atoms with Crippen LogP contribution in [0.15, 0.2) is 0 Å². The molecule has 1 aromatic heterocycles. The van der Waals surface area contributed by atoms with Crippen molar-refractivity contribution in [3.63, 3.8) is 0 Å². The summed E-state index contributed by atoms with van der Waals surface area (Å²) >= 11 is 0. The first kappa shape index (κ1) is 15.0. The average molecular weight is 278 g/mol. The molecule has 0 aromatic carbocycles. The summed E-state index contributed by atoms with van der Waals surface area (Å²) < 4.78 is 0. The zero-order chi connectivity index (χ0) is 14.7. The molecule has 1 aliphatic heterocycles. The monoisotopic (exact) mass is 278 g/mol. The lowest BCUT2D eigenvalue weighted by Crippen LogP contribution is -2.26. The molecule has 0 spiro atoms. The molecule has 0 aliphatic carbocycles. The fourth-order valence-corrected chi connectivity index (χ4v) is 2.73. The van der Waals surface area contributed by atoms with Gasteiger partial charge in [-0.25, -0.2) is 9.97 Å². The maximum absolute atomic E-state index is 9.75. The molecule has 2 unspecified atom stereocenters. The van der Waals surface area contributed by atoms with Crippen molar-refractivity contribution in [2.75, 3.05) is 29.9 Å². The number of aliphatic hydroxyl groups is 1. The minimum Gasteiger partial charge on any atom is -0.393 e. The molecule has 1 aromatic rings. The third-order valence-electron chi connectivity index (χ3n) is 4.03. The van der Waals surface area contributed by atoms with Gasteiger partial charge in [0.15, 0.2) is 0 Å². The third-order valence-corrected chi connectivity index (χ3v) is 4.03. The SMILES string of the molecule is CCNc1nc(CC)nc(N2CCC(C(C)O)C2)c1C. The highest BCUT2D eigenvalue weighted by Crippen LogP contribution is 2.29. The van der Waals surface area contributed by atoms with E-state index in [0.717, 1.165) is 55.5 Å². The number of hydrogen-bond acceptors (Lipinski definition) is 5. The van der Waals surface area contributed by atoms with Gasteiger partial charge < -0.3 is 15.3 Å². The number of aliphatic hydroxyl groups excluding tert-OH is 1. The van der Waals surface area contributed by atoms with E-state index in [4.69, 9.17) is 4.98 Å². The third kappa shape index (κ3) is 3.03. The number of nitrogens with zero attached hydrogens (tertiary/aromatic N) is 3. The number of rotatable bonds is 5. The molecule has 0 bridgehead atoms. The van der Waals surface area contributed by atoms with Crippen LogP contribution in [0.1, 0.15) is 38.6 Å². The Kier molecular flexibility index (Phi) is 4.81. The van der Waals surface area contributed by atoms with Crippen LogP contribution in [0.3, 0.4) is 0 Å². The minimum absolute atomic E-state index is 0.249. The molecule has 1 saturated heterocycles. The van der Waals surface area contributed by atoms with Crippen LogP contribution in [0.4, 0.5) is 11.6 Å². The van der Waals surface area contributed by atoms with E-state index in [1.165, 1.54) is 0 Å². The number of aryl methyl sites for hydroxylation is 1. The van der Waals surface area contributed by atoms with Crippen LogP contribution in [-0.4, -0.2) is 40.8 Å². The van der Waals surface area contributed by atoms with Gasteiger partial charge in [-0.2, -0.15) is 0 Å². The summed E-state index contributed by atoms with van der Waals surface area (Å²) in [4.78, 5) is 11.6. The molecular weight excluding hydrogens is 252 g/mol. The molecule has 5 heteroatoms. The first-order chi connectivity index (χ1) is 9.56. The van der Waals surface area contributed by atoms with Gasteiger partial charge in [0.25, 0.3) is 0 Å². The molecule has 0 radical (unpaired) electrons.